The van der Waals surface area contributed by atoms with Crippen molar-refractivity contribution in [3.63, 3.8) is 0 Å². The fraction of sp³-hybridized carbons (Fsp3) is 0.440. The first-order valence-corrected chi connectivity index (χ1v) is 12.2. The van der Waals surface area contributed by atoms with Gasteiger partial charge in [0.15, 0.2) is 0 Å². The van der Waals surface area contributed by atoms with Crippen molar-refractivity contribution in [2.24, 2.45) is 11.8 Å². The number of rotatable bonds is 5. The van der Waals surface area contributed by atoms with Crippen LogP contribution in [-0.2, 0) is 9.59 Å². The highest BCUT2D eigenvalue weighted by atomic mass is 32.1. The molecule has 0 bridgehead atoms. The van der Waals surface area contributed by atoms with Gasteiger partial charge < -0.3 is 15.5 Å². The summed E-state index contributed by atoms with van der Waals surface area (Å²) in [4.78, 5) is 38.6. The Labute approximate surface area is 198 Å². The van der Waals surface area contributed by atoms with Crippen molar-refractivity contribution in [2.75, 3.05) is 28.6 Å². The van der Waals surface area contributed by atoms with E-state index in [-0.39, 0.29) is 23.7 Å². The highest BCUT2D eigenvalue weighted by Gasteiger charge is 2.27. The molecule has 1 fully saturated rings. The van der Waals surface area contributed by atoms with Crippen LogP contribution in [0.2, 0.25) is 0 Å². The molecule has 3 aromatic rings. The highest BCUT2D eigenvalue weighted by Crippen LogP contribution is 2.35. The van der Waals surface area contributed by atoms with Gasteiger partial charge in [0.05, 0.1) is 5.39 Å². The molecule has 2 aromatic heterocycles. The molecule has 3 heterocycles. The number of amides is 2. The van der Waals surface area contributed by atoms with Gasteiger partial charge in [-0.05, 0) is 56.9 Å². The molecule has 1 saturated heterocycles. The molecule has 0 radical (unpaired) electrons. The number of anilines is 3. The smallest absolute Gasteiger partial charge is 0.227 e. The van der Waals surface area contributed by atoms with Crippen molar-refractivity contribution in [1.29, 1.82) is 0 Å². The van der Waals surface area contributed by atoms with Crippen molar-refractivity contribution in [1.82, 2.24) is 9.97 Å². The topological polar surface area (TPSA) is 87.2 Å². The van der Waals surface area contributed by atoms with E-state index < -0.39 is 0 Å². The number of piperidine rings is 1. The molecule has 2 amide bonds. The molecule has 1 aliphatic rings. The minimum atomic E-state index is -0.104. The molecule has 1 aromatic carbocycles. The Balaban J connectivity index is 1.42. The summed E-state index contributed by atoms with van der Waals surface area (Å²) in [5, 5.41) is 7.12. The third-order valence-electron chi connectivity index (χ3n) is 6.40. The number of benzene rings is 1. The standard InChI is InChI=1S/C25H31N5O2S/c1-14(2)23(31)28-19-7-6-15(3)20(12-19)29-24(32)18-8-10-30(11-9-18)22-21-16(4)17(5)33-25(21)27-13-26-22/h6-7,12-14,18H,8-11H2,1-5H3,(H,28,31)(H,29,32). The molecule has 4 rings (SSSR count). The predicted octanol–water partition coefficient (Wildman–Crippen LogP) is 5.07. The van der Waals surface area contributed by atoms with Gasteiger partial charge in [0.2, 0.25) is 11.8 Å². The number of carbonyl (C=O) groups is 2. The summed E-state index contributed by atoms with van der Waals surface area (Å²) in [7, 11) is 0. The van der Waals surface area contributed by atoms with Crippen LogP contribution in [0.15, 0.2) is 24.5 Å². The first-order chi connectivity index (χ1) is 15.7. The number of fused-ring (bicyclic) bond motifs is 1. The van der Waals surface area contributed by atoms with Gasteiger partial charge in [-0.2, -0.15) is 0 Å². The lowest BCUT2D eigenvalue weighted by atomic mass is 9.95. The van der Waals surface area contributed by atoms with Gasteiger partial charge in [0.1, 0.15) is 17.0 Å². The van der Waals surface area contributed by atoms with Crippen molar-refractivity contribution < 1.29 is 9.59 Å². The SMILES string of the molecule is Cc1ccc(NC(=O)C(C)C)cc1NC(=O)C1CCN(c2ncnc3sc(C)c(C)c23)CC1. The zero-order valence-corrected chi connectivity index (χ0v) is 20.7. The Morgan fingerprint density at radius 3 is 2.52 bits per heavy atom. The number of nitrogens with zero attached hydrogens (tertiary/aromatic N) is 3. The van der Waals surface area contributed by atoms with E-state index in [9.17, 15) is 9.59 Å². The predicted molar refractivity (Wildman–Crippen MR) is 135 cm³/mol. The van der Waals surface area contributed by atoms with Gasteiger partial charge in [0.25, 0.3) is 0 Å². The zero-order valence-electron chi connectivity index (χ0n) is 19.9. The van der Waals surface area contributed by atoms with Crippen LogP contribution in [0.5, 0.6) is 0 Å². The van der Waals surface area contributed by atoms with Gasteiger partial charge in [-0.25, -0.2) is 9.97 Å². The van der Waals surface area contributed by atoms with Crippen LogP contribution in [0.4, 0.5) is 17.2 Å². The fourth-order valence-electron chi connectivity index (χ4n) is 4.11. The van der Waals surface area contributed by atoms with Crippen LogP contribution in [0.1, 0.15) is 42.7 Å². The number of hydrogen-bond acceptors (Lipinski definition) is 6. The molecule has 0 saturated carbocycles. The Morgan fingerprint density at radius 2 is 1.82 bits per heavy atom. The third kappa shape index (κ3) is 4.85. The minimum Gasteiger partial charge on any atom is -0.356 e. The van der Waals surface area contributed by atoms with E-state index >= 15 is 0 Å². The number of aryl methyl sites for hydroxylation is 3. The first-order valence-electron chi connectivity index (χ1n) is 11.4. The Kier molecular flexibility index (Phi) is 6.65. The molecule has 8 heteroatoms. The average molecular weight is 466 g/mol. The first kappa shape index (κ1) is 23.2. The van der Waals surface area contributed by atoms with Crippen molar-refractivity contribution in [2.45, 2.75) is 47.5 Å². The average Bonchev–Trinajstić information content (AvgIpc) is 3.09. The number of thiophene rings is 1. The largest absolute Gasteiger partial charge is 0.356 e. The summed E-state index contributed by atoms with van der Waals surface area (Å²) in [6.07, 6.45) is 3.17. The molecular formula is C25H31N5O2S. The molecule has 0 atom stereocenters. The van der Waals surface area contributed by atoms with Gasteiger partial charge >= 0.3 is 0 Å². The monoisotopic (exact) mass is 465 g/mol. The van der Waals surface area contributed by atoms with E-state index in [1.54, 1.807) is 17.7 Å². The normalized spacial score (nSPS) is 14.7. The van der Waals surface area contributed by atoms with Crippen molar-refractivity contribution in [3.8, 4) is 0 Å². The number of hydrogen-bond donors (Lipinski definition) is 2. The van der Waals surface area contributed by atoms with Crippen molar-refractivity contribution in [3.05, 3.63) is 40.5 Å². The molecule has 2 N–H and O–H groups in total. The summed E-state index contributed by atoms with van der Waals surface area (Å²) in [5.41, 5.74) is 3.64. The van der Waals surface area contributed by atoms with Crippen LogP contribution in [0.25, 0.3) is 10.2 Å². The Morgan fingerprint density at radius 1 is 1.09 bits per heavy atom. The Hall–Kier alpha value is -3.00. The summed E-state index contributed by atoms with van der Waals surface area (Å²) in [6.45, 7) is 11.5. The number of aromatic nitrogens is 2. The molecular weight excluding hydrogens is 434 g/mol. The Bertz CT molecular complexity index is 1190. The van der Waals surface area contributed by atoms with Crippen LogP contribution in [0, 0.1) is 32.6 Å². The van der Waals surface area contributed by atoms with E-state index in [0.29, 0.717) is 5.69 Å². The molecule has 0 unspecified atom stereocenters. The van der Waals surface area contributed by atoms with Crippen LogP contribution >= 0.6 is 11.3 Å². The van der Waals surface area contributed by atoms with Gasteiger partial charge in [-0.15, -0.1) is 11.3 Å². The molecule has 1 aliphatic heterocycles. The maximum atomic E-state index is 13.0. The number of carbonyl (C=O) groups excluding carboxylic acids is 2. The van der Waals surface area contributed by atoms with Gasteiger partial charge in [0, 0.05) is 41.2 Å². The fourth-order valence-corrected chi connectivity index (χ4v) is 5.10. The number of nitrogens with one attached hydrogen (secondary N) is 2. The third-order valence-corrected chi connectivity index (χ3v) is 7.51. The quantitative estimate of drug-likeness (QED) is 0.550. The lowest BCUT2D eigenvalue weighted by Crippen LogP contribution is -2.38. The lowest BCUT2D eigenvalue weighted by molar-refractivity contribution is -0.120. The molecule has 0 spiro atoms. The van der Waals surface area contributed by atoms with Gasteiger partial charge in [-0.3, -0.25) is 9.59 Å². The van der Waals surface area contributed by atoms with E-state index in [1.165, 1.54) is 10.4 Å². The van der Waals surface area contributed by atoms with Gasteiger partial charge in [-0.1, -0.05) is 19.9 Å². The maximum absolute atomic E-state index is 13.0. The minimum absolute atomic E-state index is 0.0282. The molecule has 0 aliphatic carbocycles. The zero-order chi connectivity index (χ0) is 23.7. The van der Waals surface area contributed by atoms with E-state index in [1.807, 2.05) is 39.0 Å². The van der Waals surface area contributed by atoms with Crippen LogP contribution in [-0.4, -0.2) is 34.9 Å². The highest BCUT2D eigenvalue weighted by molar-refractivity contribution is 7.18. The van der Waals surface area contributed by atoms with E-state index in [2.05, 4.69) is 39.3 Å². The van der Waals surface area contributed by atoms with E-state index in [4.69, 9.17) is 0 Å². The second kappa shape index (κ2) is 9.47. The summed E-state index contributed by atoms with van der Waals surface area (Å²) in [5.74, 6) is 0.800. The summed E-state index contributed by atoms with van der Waals surface area (Å²) >= 11 is 1.70. The lowest BCUT2D eigenvalue weighted by Gasteiger charge is -2.32. The summed E-state index contributed by atoms with van der Waals surface area (Å²) in [6, 6.07) is 5.61. The summed E-state index contributed by atoms with van der Waals surface area (Å²) < 4.78 is 0. The van der Waals surface area contributed by atoms with Crippen LogP contribution < -0.4 is 15.5 Å². The second-order valence-corrected chi connectivity index (χ2v) is 10.3. The molecule has 33 heavy (non-hydrogen) atoms. The molecule has 174 valence electrons. The van der Waals surface area contributed by atoms with Crippen LogP contribution in [0.3, 0.4) is 0 Å². The maximum Gasteiger partial charge on any atom is 0.227 e. The van der Waals surface area contributed by atoms with Crippen molar-refractivity contribution >= 4 is 50.6 Å². The molecule has 7 nitrogen and oxygen atoms in total. The van der Waals surface area contributed by atoms with E-state index in [0.717, 1.165) is 53.2 Å². The second-order valence-electron chi connectivity index (χ2n) is 9.08.